The third-order valence-corrected chi connectivity index (χ3v) is 2.10. The SMILES string of the molecule is CC1=C(C)C(=O)C(C)(N)C=C1. The van der Waals surface area contributed by atoms with E-state index in [1.54, 1.807) is 13.0 Å². The topological polar surface area (TPSA) is 43.1 Å². The van der Waals surface area contributed by atoms with E-state index in [-0.39, 0.29) is 5.78 Å². The second-order valence-corrected chi connectivity index (χ2v) is 3.25. The van der Waals surface area contributed by atoms with Gasteiger partial charge in [0.05, 0.1) is 5.54 Å². The lowest BCUT2D eigenvalue weighted by Gasteiger charge is -2.23. The summed E-state index contributed by atoms with van der Waals surface area (Å²) >= 11 is 0. The molecule has 1 atom stereocenters. The Morgan fingerprint density at radius 1 is 1.45 bits per heavy atom. The minimum absolute atomic E-state index is 0.0255. The highest BCUT2D eigenvalue weighted by Crippen LogP contribution is 2.20. The number of carbonyl (C=O) groups is 1. The normalized spacial score (nSPS) is 31.5. The van der Waals surface area contributed by atoms with Crippen LogP contribution in [-0.2, 0) is 4.79 Å². The van der Waals surface area contributed by atoms with Crippen LogP contribution in [0, 0.1) is 0 Å². The van der Waals surface area contributed by atoms with Gasteiger partial charge in [0.25, 0.3) is 0 Å². The number of hydrogen-bond donors (Lipinski definition) is 1. The van der Waals surface area contributed by atoms with Crippen LogP contribution in [0.2, 0.25) is 0 Å². The van der Waals surface area contributed by atoms with Crippen LogP contribution in [-0.4, -0.2) is 11.3 Å². The molecule has 0 spiro atoms. The molecule has 0 fully saturated rings. The van der Waals surface area contributed by atoms with E-state index in [0.717, 1.165) is 11.1 Å². The Kier molecular flexibility index (Phi) is 1.72. The highest BCUT2D eigenvalue weighted by atomic mass is 16.1. The van der Waals surface area contributed by atoms with Gasteiger partial charge < -0.3 is 5.73 Å². The molecule has 0 heterocycles. The molecule has 2 N–H and O–H groups in total. The first-order valence-electron chi connectivity index (χ1n) is 3.65. The molecule has 0 radical (unpaired) electrons. The third kappa shape index (κ3) is 1.26. The molecule has 0 amide bonds. The lowest BCUT2D eigenvalue weighted by Crippen LogP contribution is -2.44. The van der Waals surface area contributed by atoms with E-state index in [0.29, 0.717) is 0 Å². The number of Topliss-reactive ketones (excluding diaryl/α,β-unsaturated/α-hetero) is 1. The van der Waals surface area contributed by atoms with Gasteiger partial charge in [-0.3, -0.25) is 4.79 Å². The van der Waals surface area contributed by atoms with Crippen LogP contribution in [0.25, 0.3) is 0 Å². The molecule has 0 aliphatic heterocycles. The summed E-state index contributed by atoms with van der Waals surface area (Å²) in [6.45, 7) is 5.45. The van der Waals surface area contributed by atoms with Crippen molar-refractivity contribution in [2.75, 3.05) is 0 Å². The van der Waals surface area contributed by atoms with Crippen molar-refractivity contribution in [3.63, 3.8) is 0 Å². The minimum atomic E-state index is -0.788. The van der Waals surface area contributed by atoms with Gasteiger partial charge in [-0.1, -0.05) is 12.2 Å². The largest absolute Gasteiger partial charge is 0.316 e. The summed E-state index contributed by atoms with van der Waals surface area (Å²) in [5.41, 5.74) is 6.70. The Bertz CT molecular complexity index is 259. The summed E-state index contributed by atoms with van der Waals surface area (Å²) in [7, 11) is 0. The van der Waals surface area contributed by atoms with Crippen molar-refractivity contribution in [2.45, 2.75) is 26.3 Å². The number of nitrogens with two attached hydrogens (primary N) is 1. The zero-order valence-electron chi connectivity index (χ0n) is 7.14. The van der Waals surface area contributed by atoms with Gasteiger partial charge in [-0.25, -0.2) is 0 Å². The molecular formula is C9H13NO. The van der Waals surface area contributed by atoms with Gasteiger partial charge in [0, 0.05) is 0 Å². The van der Waals surface area contributed by atoms with Crippen LogP contribution >= 0.6 is 0 Å². The number of ketones is 1. The second kappa shape index (κ2) is 2.31. The lowest BCUT2D eigenvalue weighted by atomic mass is 9.85. The fourth-order valence-electron chi connectivity index (χ4n) is 1.08. The van der Waals surface area contributed by atoms with Crippen molar-refractivity contribution in [2.24, 2.45) is 5.73 Å². The number of carbonyl (C=O) groups excluding carboxylic acids is 1. The smallest absolute Gasteiger partial charge is 0.182 e. The summed E-state index contributed by atoms with van der Waals surface area (Å²) in [6.07, 6.45) is 3.65. The zero-order valence-corrected chi connectivity index (χ0v) is 7.14. The molecule has 0 aromatic heterocycles. The molecule has 2 nitrogen and oxygen atoms in total. The van der Waals surface area contributed by atoms with Crippen LogP contribution in [0.5, 0.6) is 0 Å². The van der Waals surface area contributed by atoms with E-state index in [1.165, 1.54) is 0 Å². The van der Waals surface area contributed by atoms with Gasteiger partial charge in [0.1, 0.15) is 0 Å². The van der Waals surface area contributed by atoms with Gasteiger partial charge in [-0.05, 0) is 31.9 Å². The fraction of sp³-hybridized carbons (Fsp3) is 0.444. The van der Waals surface area contributed by atoms with Gasteiger partial charge in [0.2, 0.25) is 0 Å². The number of rotatable bonds is 0. The van der Waals surface area contributed by atoms with Crippen LogP contribution in [0.4, 0.5) is 0 Å². The molecule has 1 aliphatic rings. The molecule has 0 aromatic rings. The van der Waals surface area contributed by atoms with E-state index >= 15 is 0 Å². The number of hydrogen-bond acceptors (Lipinski definition) is 2. The van der Waals surface area contributed by atoms with E-state index in [1.807, 2.05) is 19.9 Å². The Morgan fingerprint density at radius 3 is 2.45 bits per heavy atom. The van der Waals surface area contributed by atoms with E-state index < -0.39 is 5.54 Å². The van der Waals surface area contributed by atoms with Crippen molar-refractivity contribution in [3.8, 4) is 0 Å². The lowest BCUT2D eigenvalue weighted by molar-refractivity contribution is -0.118. The highest BCUT2D eigenvalue weighted by molar-refractivity contribution is 6.05. The monoisotopic (exact) mass is 151 g/mol. The first kappa shape index (κ1) is 8.21. The molecule has 1 unspecified atom stereocenters. The summed E-state index contributed by atoms with van der Waals surface area (Å²) < 4.78 is 0. The summed E-state index contributed by atoms with van der Waals surface area (Å²) in [5, 5.41) is 0. The Morgan fingerprint density at radius 2 is 2.00 bits per heavy atom. The third-order valence-electron chi connectivity index (χ3n) is 2.10. The second-order valence-electron chi connectivity index (χ2n) is 3.25. The van der Waals surface area contributed by atoms with Crippen LogP contribution < -0.4 is 5.73 Å². The van der Waals surface area contributed by atoms with E-state index in [9.17, 15) is 4.79 Å². The summed E-state index contributed by atoms with van der Waals surface area (Å²) in [6, 6.07) is 0. The van der Waals surface area contributed by atoms with Gasteiger partial charge in [0.15, 0.2) is 5.78 Å². The maximum Gasteiger partial charge on any atom is 0.182 e. The maximum absolute atomic E-state index is 11.4. The maximum atomic E-state index is 11.4. The molecule has 2 heteroatoms. The molecule has 0 saturated heterocycles. The first-order chi connectivity index (χ1) is 4.95. The zero-order chi connectivity index (χ0) is 8.65. The Balaban J connectivity index is 3.11. The molecule has 0 bridgehead atoms. The Labute approximate surface area is 66.8 Å². The molecular weight excluding hydrogens is 138 g/mol. The summed E-state index contributed by atoms with van der Waals surface area (Å²) in [4.78, 5) is 11.4. The molecule has 0 aromatic carbocycles. The number of allylic oxidation sites excluding steroid dienone is 2. The molecule has 11 heavy (non-hydrogen) atoms. The first-order valence-corrected chi connectivity index (χ1v) is 3.65. The fourth-order valence-corrected chi connectivity index (χ4v) is 1.08. The van der Waals surface area contributed by atoms with Crippen LogP contribution in [0.15, 0.2) is 23.3 Å². The van der Waals surface area contributed by atoms with Crippen LogP contribution in [0.3, 0.4) is 0 Å². The molecule has 1 aliphatic carbocycles. The summed E-state index contributed by atoms with van der Waals surface area (Å²) in [5.74, 6) is 0.0255. The van der Waals surface area contributed by atoms with E-state index in [2.05, 4.69) is 0 Å². The average Bonchev–Trinajstić information content (AvgIpc) is 1.95. The van der Waals surface area contributed by atoms with Crippen LogP contribution in [0.1, 0.15) is 20.8 Å². The quantitative estimate of drug-likeness (QED) is 0.565. The predicted molar refractivity (Wildman–Crippen MR) is 45.1 cm³/mol. The predicted octanol–water partition coefficient (Wildman–Crippen LogP) is 1.18. The Hall–Kier alpha value is -0.890. The standard InChI is InChI=1S/C9H13NO/c1-6-4-5-9(3,10)8(11)7(6)2/h4-5H,10H2,1-3H3. The molecule has 60 valence electrons. The van der Waals surface area contributed by atoms with Gasteiger partial charge in [-0.15, -0.1) is 0 Å². The minimum Gasteiger partial charge on any atom is -0.316 e. The molecule has 0 saturated carbocycles. The van der Waals surface area contributed by atoms with Crippen molar-refractivity contribution in [1.29, 1.82) is 0 Å². The van der Waals surface area contributed by atoms with Crippen molar-refractivity contribution in [1.82, 2.24) is 0 Å². The van der Waals surface area contributed by atoms with E-state index in [4.69, 9.17) is 5.73 Å². The van der Waals surface area contributed by atoms with Gasteiger partial charge in [-0.2, -0.15) is 0 Å². The van der Waals surface area contributed by atoms with Crippen molar-refractivity contribution in [3.05, 3.63) is 23.3 Å². The molecule has 1 rings (SSSR count). The highest BCUT2D eigenvalue weighted by Gasteiger charge is 2.29. The average molecular weight is 151 g/mol. The van der Waals surface area contributed by atoms with Crippen molar-refractivity contribution < 1.29 is 4.79 Å². The van der Waals surface area contributed by atoms with Gasteiger partial charge >= 0.3 is 0 Å². The van der Waals surface area contributed by atoms with Crippen molar-refractivity contribution >= 4 is 5.78 Å².